The molecule has 2 atom stereocenters. The first-order chi connectivity index (χ1) is 8.58. The van der Waals surface area contributed by atoms with Crippen molar-refractivity contribution in [2.45, 2.75) is 6.04 Å². The maximum absolute atomic E-state index is 11.8. The van der Waals surface area contributed by atoms with Crippen LogP contribution in [0.5, 0.6) is 0 Å². The Morgan fingerprint density at radius 1 is 1.44 bits per heavy atom. The molecule has 2 unspecified atom stereocenters. The number of anilines is 1. The van der Waals surface area contributed by atoms with Crippen molar-refractivity contribution < 1.29 is 19.4 Å². The van der Waals surface area contributed by atoms with Crippen molar-refractivity contribution in [2.75, 3.05) is 18.5 Å². The summed E-state index contributed by atoms with van der Waals surface area (Å²) < 4.78 is 5.10. The summed E-state index contributed by atoms with van der Waals surface area (Å²) in [4.78, 5) is 26.1. The first-order valence-corrected chi connectivity index (χ1v) is 5.41. The summed E-state index contributed by atoms with van der Waals surface area (Å²) in [6, 6.07) is 2.50. The van der Waals surface area contributed by atoms with Crippen molar-refractivity contribution >= 4 is 17.6 Å². The minimum Gasteiger partial charge on any atom is -0.477 e. The number of carboxylic acids is 1. The van der Waals surface area contributed by atoms with Crippen LogP contribution < -0.4 is 11.1 Å². The summed E-state index contributed by atoms with van der Waals surface area (Å²) in [5.41, 5.74) is 6.08. The van der Waals surface area contributed by atoms with Crippen LogP contribution in [0.1, 0.15) is 10.5 Å². The number of nitrogens with two attached hydrogens (primary N) is 1. The van der Waals surface area contributed by atoms with Gasteiger partial charge in [0.1, 0.15) is 5.69 Å². The Balaban J connectivity index is 2.00. The van der Waals surface area contributed by atoms with E-state index in [0.717, 1.165) is 0 Å². The van der Waals surface area contributed by atoms with E-state index in [9.17, 15) is 9.59 Å². The van der Waals surface area contributed by atoms with Crippen LogP contribution in [0.25, 0.3) is 0 Å². The number of carbonyl (C=O) groups is 2. The summed E-state index contributed by atoms with van der Waals surface area (Å²) in [6.45, 7) is 0.669. The molecule has 7 heteroatoms. The zero-order valence-electron chi connectivity index (χ0n) is 9.50. The summed E-state index contributed by atoms with van der Waals surface area (Å²) in [6.07, 6.45) is 1.29. The smallest absolute Gasteiger partial charge is 0.354 e. The van der Waals surface area contributed by atoms with Gasteiger partial charge < -0.3 is 20.9 Å². The van der Waals surface area contributed by atoms with E-state index in [2.05, 4.69) is 10.3 Å². The number of nitrogens with zero attached hydrogens (tertiary/aromatic N) is 1. The van der Waals surface area contributed by atoms with Crippen molar-refractivity contribution in [3.63, 3.8) is 0 Å². The molecule has 1 amide bonds. The normalized spacial score (nSPS) is 22.7. The van der Waals surface area contributed by atoms with Gasteiger partial charge in [-0.2, -0.15) is 0 Å². The minimum absolute atomic E-state index is 0.0751. The number of rotatable bonds is 3. The van der Waals surface area contributed by atoms with E-state index in [0.29, 0.717) is 18.9 Å². The third kappa shape index (κ3) is 2.63. The van der Waals surface area contributed by atoms with Gasteiger partial charge in [0.05, 0.1) is 31.0 Å². The van der Waals surface area contributed by atoms with E-state index in [1.165, 1.54) is 18.3 Å². The van der Waals surface area contributed by atoms with Gasteiger partial charge in [-0.15, -0.1) is 0 Å². The molecule has 2 rings (SSSR count). The van der Waals surface area contributed by atoms with Crippen molar-refractivity contribution in [3.05, 3.63) is 24.0 Å². The van der Waals surface area contributed by atoms with Crippen LogP contribution in [0.3, 0.4) is 0 Å². The van der Waals surface area contributed by atoms with Crippen molar-refractivity contribution in [2.24, 2.45) is 11.7 Å². The van der Waals surface area contributed by atoms with E-state index in [1.807, 2.05) is 0 Å². The predicted molar refractivity (Wildman–Crippen MR) is 62.1 cm³/mol. The second kappa shape index (κ2) is 5.11. The van der Waals surface area contributed by atoms with Crippen LogP contribution in [-0.2, 0) is 9.53 Å². The lowest BCUT2D eigenvalue weighted by Gasteiger charge is -2.13. The number of ether oxygens (including phenoxy) is 1. The Kier molecular flexibility index (Phi) is 3.54. The summed E-state index contributed by atoms with van der Waals surface area (Å²) >= 11 is 0. The molecule has 0 saturated carbocycles. The number of nitrogens with one attached hydrogen (secondary N) is 1. The molecule has 7 nitrogen and oxygen atoms in total. The summed E-state index contributed by atoms with van der Waals surface area (Å²) in [5, 5.41) is 11.3. The van der Waals surface area contributed by atoms with Gasteiger partial charge in [0.25, 0.3) is 0 Å². The molecule has 0 bridgehead atoms. The molecule has 0 aliphatic carbocycles. The second-order valence-electron chi connectivity index (χ2n) is 4.03. The van der Waals surface area contributed by atoms with Gasteiger partial charge >= 0.3 is 5.97 Å². The quantitative estimate of drug-likeness (QED) is 0.679. The molecular weight excluding hydrogens is 238 g/mol. The molecule has 2 heterocycles. The lowest BCUT2D eigenvalue weighted by molar-refractivity contribution is -0.120. The molecule has 96 valence electrons. The van der Waals surface area contributed by atoms with Gasteiger partial charge in [0, 0.05) is 6.04 Å². The number of pyridine rings is 1. The number of amides is 1. The monoisotopic (exact) mass is 251 g/mol. The van der Waals surface area contributed by atoms with E-state index >= 15 is 0 Å². The summed E-state index contributed by atoms with van der Waals surface area (Å²) in [7, 11) is 0. The molecule has 1 aromatic rings. The topological polar surface area (TPSA) is 115 Å². The number of hydrogen-bond acceptors (Lipinski definition) is 5. The van der Waals surface area contributed by atoms with Crippen molar-refractivity contribution in [1.29, 1.82) is 0 Å². The standard InChI is InChI=1S/C11H13N3O4/c12-8-5-18-4-7(8)10(15)14-6-1-2-9(11(16)17)13-3-6/h1-3,7-8H,4-5,12H2,(H,14,15)(H,16,17). The average molecular weight is 251 g/mol. The largest absolute Gasteiger partial charge is 0.477 e. The molecule has 4 N–H and O–H groups in total. The fourth-order valence-corrected chi connectivity index (χ4v) is 1.67. The summed E-state index contributed by atoms with van der Waals surface area (Å²) in [5.74, 6) is -1.74. The maximum atomic E-state index is 11.8. The highest BCUT2D eigenvalue weighted by molar-refractivity contribution is 5.93. The van der Waals surface area contributed by atoms with Gasteiger partial charge in [-0.05, 0) is 12.1 Å². The number of carbonyl (C=O) groups excluding carboxylic acids is 1. The zero-order valence-corrected chi connectivity index (χ0v) is 9.50. The van der Waals surface area contributed by atoms with E-state index in [-0.39, 0.29) is 23.6 Å². The highest BCUT2D eigenvalue weighted by atomic mass is 16.5. The highest BCUT2D eigenvalue weighted by Crippen LogP contribution is 2.15. The van der Waals surface area contributed by atoms with Crippen LogP contribution in [0.15, 0.2) is 18.3 Å². The SMILES string of the molecule is NC1COCC1C(=O)Nc1ccc(C(=O)O)nc1. The van der Waals surface area contributed by atoms with E-state index < -0.39 is 5.97 Å². The molecule has 1 aromatic heterocycles. The minimum atomic E-state index is -1.11. The Bertz CT molecular complexity index is 460. The molecule has 18 heavy (non-hydrogen) atoms. The third-order valence-electron chi connectivity index (χ3n) is 2.71. The van der Waals surface area contributed by atoms with Crippen LogP contribution in [0.4, 0.5) is 5.69 Å². The molecule has 0 aromatic carbocycles. The fourth-order valence-electron chi connectivity index (χ4n) is 1.67. The van der Waals surface area contributed by atoms with Gasteiger partial charge in [0.2, 0.25) is 5.91 Å². The molecule has 0 radical (unpaired) electrons. The van der Waals surface area contributed by atoms with Crippen LogP contribution >= 0.6 is 0 Å². The molecule has 1 fully saturated rings. The number of hydrogen-bond donors (Lipinski definition) is 3. The first-order valence-electron chi connectivity index (χ1n) is 5.41. The van der Waals surface area contributed by atoms with E-state index in [1.54, 1.807) is 0 Å². The van der Waals surface area contributed by atoms with Gasteiger partial charge in [-0.25, -0.2) is 9.78 Å². The van der Waals surface area contributed by atoms with Crippen molar-refractivity contribution in [1.82, 2.24) is 4.98 Å². The van der Waals surface area contributed by atoms with Crippen LogP contribution in [-0.4, -0.2) is 41.2 Å². The fraction of sp³-hybridized carbons (Fsp3) is 0.364. The van der Waals surface area contributed by atoms with Gasteiger partial charge in [-0.3, -0.25) is 4.79 Å². The lowest BCUT2D eigenvalue weighted by atomic mass is 10.0. The maximum Gasteiger partial charge on any atom is 0.354 e. The predicted octanol–water partition coefficient (Wildman–Crippen LogP) is -0.308. The lowest BCUT2D eigenvalue weighted by Crippen LogP contribution is -2.37. The second-order valence-corrected chi connectivity index (χ2v) is 4.03. The first kappa shape index (κ1) is 12.5. The number of carboxylic acid groups (broad SMARTS) is 1. The molecule has 1 aliphatic rings. The highest BCUT2D eigenvalue weighted by Gasteiger charge is 2.31. The molecule has 1 saturated heterocycles. The zero-order chi connectivity index (χ0) is 13.1. The van der Waals surface area contributed by atoms with Crippen LogP contribution in [0.2, 0.25) is 0 Å². The van der Waals surface area contributed by atoms with E-state index in [4.69, 9.17) is 15.6 Å². The van der Waals surface area contributed by atoms with Gasteiger partial charge in [-0.1, -0.05) is 0 Å². The Morgan fingerprint density at radius 2 is 2.22 bits per heavy atom. The third-order valence-corrected chi connectivity index (χ3v) is 2.71. The number of aromatic carboxylic acids is 1. The Hall–Kier alpha value is -1.99. The average Bonchev–Trinajstić information content (AvgIpc) is 2.76. The molecule has 1 aliphatic heterocycles. The van der Waals surface area contributed by atoms with Crippen molar-refractivity contribution in [3.8, 4) is 0 Å². The Morgan fingerprint density at radius 3 is 2.72 bits per heavy atom. The van der Waals surface area contributed by atoms with Crippen LogP contribution in [0, 0.1) is 5.92 Å². The number of aromatic nitrogens is 1. The van der Waals surface area contributed by atoms with Gasteiger partial charge in [0.15, 0.2) is 0 Å². The molecule has 0 spiro atoms. The Labute approximate surface area is 103 Å². The molecular formula is C11H13N3O4.